The third kappa shape index (κ3) is 3.86. The van der Waals surface area contributed by atoms with E-state index in [0.29, 0.717) is 12.2 Å². The number of rotatable bonds is 4. The number of aromatic nitrogens is 2. The van der Waals surface area contributed by atoms with Gasteiger partial charge in [-0.2, -0.15) is 5.10 Å². The Labute approximate surface area is 145 Å². The summed E-state index contributed by atoms with van der Waals surface area (Å²) in [7, 11) is 0. The van der Waals surface area contributed by atoms with E-state index < -0.39 is 17.5 Å². The average molecular weight is 392 g/mol. The second kappa shape index (κ2) is 6.92. The molecule has 0 saturated heterocycles. The molecule has 1 amide bonds. The maximum absolute atomic E-state index is 13.2. The Balaban J connectivity index is 1.68. The highest BCUT2D eigenvalue weighted by atomic mass is 79.9. The molecule has 7 heteroatoms. The van der Waals surface area contributed by atoms with Crippen LogP contribution in [0.15, 0.2) is 59.3 Å². The molecule has 1 heterocycles. The van der Waals surface area contributed by atoms with E-state index in [-0.39, 0.29) is 5.56 Å². The van der Waals surface area contributed by atoms with Crippen molar-refractivity contribution < 1.29 is 13.6 Å². The Kier molecular flexibility index (Phi) is 4.71. The lowest BCUT2D eigenvalue weighted by atomic mass is 10.2. The minimum atomic E-state index is -1.06. The third-order valence-electron chi connectivity index (χ3n) is 3.33. The van der Waals surface area contributed by atoms with Crippen molar-refractivity contribution in [3.8, 4) is 0 Å². The Morgan fingerprint density at radius 3 is 2.58 bits per heavy atom. The predicted octanol–water partition coefficient (Wildman–Crippen LogP) is 4.22. The number of carbonyl (C=O) groups excluding carboxylic acids is 1. The number of amides is 1. The van der Waals surface area contributed by atoms with Crippen LogP contribution in [0.3, 0.4) is 0 Å². The highest BCUT2D eigenvalue weighted by molar-refractivity contribution is 9.10. The zero-order valence-corrected chi connectivity index (χ0v) is 13.9. The molecule has 3 rings (SSSR count). The van der Waals surface area contributed by atoms with Crippen molar-refractivity contribution in [2.75, 3.05) is 5.32 Å². The number of nitrogens with zero attached hydrogens (tertiary/aromatic N) is 2. The second-order valence-corrected chi connectivity index (χ2v) is 6.05. The number of hydrogen-bond acceptors (Lipinski definition) is 2. The fraction of sp³-hybridized carbons (Fsp3) is 0.0588. The number of benzene rings is 2. The van der Waals surface area contributed by atoms with Gasteiger partial charge in [-0.25, -0.2) is 8.78 Å². The molecule has 24 heavy (non-hydrogen) atoms. The summed E-state index contributed by atoms with van der Waals surface area (Å²) < 4.78 is 28.7. The van der Waals surface area contributed by atoms with E-state index in [1.165, 1.54) is 12.3 Å². The molecular weight excluding hydrogens is 380 g/mol. The van der Waals surface area contributed by atoms with Crippen molar-refractivity contribution >= 4 is 27.5 Å². The van der Waals surface area contributed by atoms with Crippen molar-refractivity contribution in [2.24, 2.45) is 0 Å². The standard InChI is InChI=1S/C17H12BrF2N3O/c18-13-4-1-11(2-5-13)9-23-10-14(8-21-23)22-17(24)12-3-6-15(19)16(20)7-12/h1-8,10H,9H2,(H,22,24). The lowest BCUT2D eigenvalue weighted by molar-refractivity contribution is 0.102. The van der Waals surface area contributed by atoms with Crippen molar-refractivity contribution in [3.63, 3.8) is 0 Å². The monoisotopic (exact) mass is 391 g/mol. The summed E-state index contributed by atoms with van der Waals surface area (Å²) in [6.45, 7) is 0.550. The van der Waals surface area contributed by atoms with E-state index in [2.05, 4.69) is 26.3 Å². The van der Waals surface area contributed by atoms with Crippen LogP contribution in [0.25, 0.3) is 0 Å². The topological polar surface area (TPSA) is 46.9 Å². The summed E-state index contributed by atoms with van der Waals surface area (Å²) in [5.74, 6) is -2.58. The van der Waals surface area contributed by atoms with Crippen LogP contribution in [0.1, 0.15) is 15.9 Å². The molecule has 0 spiro atoms. The van der Waals surface area contributed by atoms with Crippen LogP contribution in [0, 0.1) is 11.6 Å². The lowest BCUT2D eigenvalue weighted by Crippen LogP contribution is -2.12. The SMILES string of the molecule is O=C(Nc1cnn(Cc2ccc(Br)cc2)c1)c1ccc(F)c(F)c1. The summed E-state index contributed by atoms with van der Waals surface area (Å²) in [5.41, 5.74) is 1.57. The van der Waals surface area contributed by atoms with E-state index in [4.69, 9.17) is 0 Å². The molecule has 0 aliphatic rings. The third-order valence-corrected chi connectivity index (χ3v) is 3.86. The van der Waals surface area contributed by atoms with Gasteiger partial charge in [0, 0.05) is 16.2 Å². The quantitative estimate of drug-likeness (QED) is 0.723. The van der Waals surface area contributed by atoms with Crippen molar-refractivity contribution in [1.29, 1.82) is 0 Å². The summed E-state index contributed by atoms with van der Waals surface area (Å²) in [5, 5.41) is 6.77. The minimum Gasteiger partial charge on any atom is -0.319 e. The molecular formula is C17H12BrF2N3O. The maximum Gasteiger partial charge on any atom is 0.255 e. The van der Waals surface area contributed by atoms with E-state index in [1.54, 1.807) is 10.9 Å². The van der Waals surface area contributed by atoms with Gasteiger partial charge in [-0.1, -0.05) is 28.1 Å². The predicted molar refractivity (Wildman–Crippen MR) is 89.8 cm³/mol. The first-order chi connectivity index (χ1) is 11.5. The highest BCUT2D eigenvalue weighted by Gasteiger charge is 2.11. The number of nitrogens with one attached hydrogen (secondary N) is 1. The number of hydrogen-bond donors (Lipinski definition) is 1. The average Bonchev–Trinajstić information content (AvgIpc) is 2.99. The van der Waals surface area contributed by atoms with E-state index in [0.717, 1.165) is 22.2 Å². The lowest BCUT2D eigenvalue weighted by Gasteiger charge is -2.03. The number of carbonyl (C=O) groups is 1. The Morgan fingerprint density at radius 2 is 1.88 bits per heavy atom. The fourth-order valence-electron chi connectivity index (χ4n) is 2.13. The second-order valence-electron chi connectivity index (χ2n) is 5.14. The fourth-order valence-corrected chi connectivity index (χ4v) is 2.40. The van der Waals surface area contributed by atoms with Crippen LogP contribution < -0.4 is 5.32 Å². The molecule has 0 atom stereocenters. The van der Waals surface area contributed by atoms with Gasteiger partial charge in [-0.3, -0.25) is 9.48 Å². The van der Waals surface area contributed by atoms with Gasteiger partial charge >= 0.3 is 0 Å². The van der Waals surface area contributed by atoms with Crippen molar-refractivity contribution in [2.45, 2.75) is 6.54 Å². The summed E-state index contributed by atoms with van der Waals surface area (Å²) in [6.07, 6.45) is 3.16. The maximum atomic E-state index is 13.2. The zero-order chi connectivity index (χ0) is 17.1. The first-order valence-electron chi connectivity index (χ1n) is 7.04. The molecule has 122 valence electrons. The minimum absolute atomic E-state index is 0.0366. The van der Waals surface area contributed by atoms with Gasteiger partial charge in [0.25, 0.3) is 5.91 Å². The van der Waals surface area contributed by atoms with E-state index in [1.807, 2.05) is 24.3 Å². The number of halogens is 3. The normalized spacial score (nSPS) is 10.6. The molecule has 0 aliphatic carbocycles. The molecule has 0 radical (unpaired) electrons. The molecule has 3 aromatic rings. The molecule has 1 aromatic heterocycles. The summed E-state index contributed by atoms with van der Waals surface area (Å²) >= 11 is 3.37. The van der Waals surface area contributed by atoms with Crippen molar-refractivity contribution in [1.82, 2.24) is 9.78 Å². The zero-order valence-electron chi connectivity index (χ0n) is 12.3. The summed E-state index contributed by atoms with van der Waals surface area (Å²) in [4.78, 5) is 12.0. The van der Waals surface area contributed by atoms with Crippen molar-refractivity contribution in [3.05, 3.63) is 82.1 Å². The van der Waals surface area contributed by atoms with Crippen LogP contribution >= 0.6 is 15.9 Å². The van der Waals surface area contributed by atoms with E-state index in [9.17, 15) is 13.6 Å². The van der Waals surface area contributed by atoms with Gasteiger partial charge in [0.1, 0.15) is 0 Å². The smallest absolute Gasteiger partial charge is 0.255 e. The highest BCUT2D eigenvalue weighted by Crippen LogP contribution is 2.14. The van der Waals surface area contributed by atoms with Gasteiger partial charge in [-0.15, -0.1) is 0 Å². The Bertz CT molecular complexity index is 878. The van der Waals surface area contributed by atoms with Crippen LogP contribution in [0.5, 0.6) is 0 Å². The first-order valence-corrected chi connectivity index (χ1v) is 7.84. The molecule has 0 fully saturated rings. The van der Waals surface area contributed by atoms with E-state index >= 15 is 0 Å². The Morgan fingerprint density at radius 1 is 1.12 bits per heavy atom. The van der Waals surface area contributed by atoms with Gasteiger partial charge < -0.3 is 5.32 Å². The molecule has 1 N–H and O–H groups in total. The van der Waals surface area contributed by atoms with Crippen LogP contribution in [-0.2, 0) is 6.54 Å². The molecule has 2 aromatic carbocycles. The first kappa shape index (κ1) is 16.3. The van der Waals surface area contributed by atoms with Gasteiger partial charge in [0.05, 0.1) is 18.4 Å². The van der Waals surface area contributed by atoms with Gasteiger partial charge in [-0.05, 0) is 35.9 Å². The molecule has 0 unspecified atom stereocenters. The van der Waals surface area contributed by atoms with Crippen LogP contribution in [0.2, 0.25) is 0 Å². The van der Waals surface area contributed by atoms with Crippen LogP contribution in [0.4, 0.5) is 14.5 Å². The molecule has 0 bridgehead atoms. The largest absolute Gasteiger partial charge is 0.319 e. The summed E-state index contributed by atoms with van der Waals surface area (Å²) in [6, 6.07) is 10.8. The number of anilines is 1. The molecule has 0 saturated carbocycles. The molecule has 4 nitrogen and oxygen atoms in total. The molecule has 0 aliphatic heterocycles. The van der Waals surface area contributed by atoms with Crippen LogP contribution in [-0.4, -0.2) is 15.7 Å². The van der Waals surface area contributed by atoms with Gasteiger partial charge in [0.15, 0.2) is 11.6 Å². The van der Waals surface area contributed by atoms with Gasteiger partial charge in [0.2, 0.25) is 0 Å². The Hall–Kier alpha value is -2.54.